The van der Waals surface area contributed by atoms with Crippen molar-refractivity contribution >= 4 is 54.3 Å². The number of aromatic nitrogens is 3. The fraction of sp³-hybridized carbons (Fsp3) is 0.368. The van der Waals surface area contributed by atoms with Crippen LogP contribution < -0.4 is 16.2 Å². The maximum atomic E-state index is 13.1. The summed E-state index contributed by atoms with van der Waals surface area (Å²) in [5.74, 6) is 1.88. The van der Waals surface area contributed by atoms with Crippen molar-refractivity contribution in [2.45, 2.75) is 39.7 Å². The number of urea groups is 1. The van der Waals surface area contributed by atoms with E-state index in [1.807, 2.05) is 6.92 Å². The number of nitrogens with one attached hydrogen (secondary N) is 2. The van der Waals surface area contributed by atoms with Crippen LogP contribution in [0.2, 0.25) is 0 Å². The first kappa shape index (κ1) is 19.1. The van der Waals surface area contributed by atoms with Crippen molar-refractivity contribution in [1.82, 2.24) is 14.5 Å². The van der Waals surface area contributed by atoms with Crippen LogP contribution >= 0.6 is 27.3 Å². The number of anilines is 2. The number of halogens is 1. The molecule has 7 nitrogen and oxygen atoms in total. The summed E-state index contributed by atoms with van der Waals surface area (Å²) in [6, 6.07) is 3.10. The summed E-state index contributed by atoms with van der Waals surface area (Å²) in [4.78, 5) is 35.0. The number of hydrogen-bond donors (Lipinski definition) is 2. The zero-order valence-corrected chi connectivity index (χ0v) is 18.0. The molecule has 9 heteroatoms. The van der Waals surface area contributed by atoms with Crippen LogP contribution in [-0.4, -0.2) is 20.6 Å². The molecule has 0 radical (unpaired) electrons. The van der Waals surface area contributed by atoms with Crippen molar-refractivity contribution in [3.63, 3.8) is 0 Å². The van der Waals surface area contributed by atoms with Gasteiger partial charge in [-0.2, -0.15) is 0 Å². The largest absolute Gasteiger partial charge is 0.325 e. The zero-order chi connectivity index (χ0) is 19.8. The molecule has 1 aliphatic heterocycles. The highest BCUT2D eigenvalue weighted by atomic mass is 79.9. The summed E-state index contributed by atoms with van der Waals surface area (Å²) in [6.07, 6.45) is 4.44. The molecule has 0 spiro atoms. The van der Waals surface area contributed by atoms with Gasteiger partial charge in [0.2, 0.25) is 0 Å². The third-order valence-electron chi connectivity index (χ3n) is 5.03. The van der Waals surface area contributed by atoms with Crippen LogP contribution in [0.1, 0.15) is 31.2 Å². The Bertz CT molecular complexity index is 1110. The quantitative estimate of drug-likeness (QED) is 0.585. The smallest absolute Gasteiger partial charge is 0.299 e. The van der Waals surface area contributed by atoms with Crippen molar-refractivity contribution in [2.24, 2.45) is 5.92 Å². The first-order valence-electron chi connectivity index (χ1n) is 9.14. The molecule has 3 aromatic rings. The molecule has 0 aliphatic carbocycles. The molecule has 1 atom stereocenters. The first-order valence-corrected chi connectivity index (χ1v) is 10.8. The van der Waals surface area contributed by atoms with E-state index in [4.69, 9.17) is 4.98 Å². The van der Waals surface area contributed by atoms with Crippen molar-refractivity contribution in [1.29, 1.82) is 0 Å². The standard InChI is InChI=1S/C19H20BrN5O2S/c1-10-3-6-14-23-17-15(18(26)25(14)8-7-10)11(2)16(28-17)24-19(27)22-13-5-4-12(20)9-21-13/h4-5,9-10H,3,6-8H2,1-2H3,(H2,21,22,24,27)/t10-/m0/s1. The molecule has 0 unspecified atom stereocenters. The number of carbonyl (C=O) groups excluding carboxylic acids is 1. The van der Waals surface area contributed by atoms with E-state index in [1.165, 1.54) is 11.3 Å². The lowest BCUT2D eigenvalue weighted by molar-refractivity contribution is 0.262. The Balaban J connectivity index is 1.63. The van der Waals surface area contributed by atoms with E-state index in [1.54, 1.807) is 22.9 Å². The molecule has 4 heterocycles. The fourth-order valence-corrected chi connectivity index (χ4v) is 4.69. The minimum atomic E-state index is -0.403. The van der Waals surface area contributed by atoms with Gasteiger partial charge in [-0.1, -0.05) is 18.3 Å². The summed E-state index contributed by atoms with van der Waals surface area (Å²) in [5, 5.41) is 6.75. The number of hydrogen-bond acceptors (Lipinski definition) is 5. The number of carbonyl (C=O) groups is 1. The van der Waals surface area contributed by atoms with E-state index in [2.05, 4.69) is 38.5 Å². The number of thiophene rings is 1. The Hall–Kier alpha value is -2.26. The maximum Gasteiger partial charge on any atom is 0.325 e. The molecule has 0 saturated heterocycles. The SMILES string of the molecule is Cc1c(NC(=O)Nc2ccc(Br)cn2)sc2nc3n(c(=O)c12)CC[C@@H](C)CC3. The van der Waals surface area contributed by atoms with Gasteiger partial charge in [0.15, 0.2) is 0 Å². The molecule has 0 aromatic carbocycles. The van der Waals surface area contributed by atoms with Crippen LogP contribution in [0.3, 0.4) is 0 Å². The number of rotatable bonds is 2. The summed E-state index contributed by atoms with van der Waals surface area (Å²) in [6.45, 7) is 4.76. The Morgan fingerprint density at radius 3 is 2.89 bits per heavy atom. The number of fused-ring (bicyclic) bond motifs is 2. The van der Waals surface area contributed by atoms with E-state index >= 15 is 0 Å². The summed E-state index contributed by atoms with van der Waals surface area (Å²) in [7, 11) is 0. The minimum Gasteiger partial charge on any atom is -0.299 e. The third kappa shape index (κ3) is 3.68. The summed E-state index contributed by atoms with van der Waals surface area (Å²) < 4.78 is 2.64. The monoisotopic (exact) mass is 461 g/mol. The normalized spacial score (nSPS) is 16.5. The second kappa shape index (κ2) is 7.63. The average Bonchev–Trinajstić information content (AvgIpc) is 2.83. The van der Waals surface area contributed by atoms with Crippen LogP contribution in [-0.2, 0) is 13.0 Å². The number of aryl methyl sites for hydroxylation is 2. The first-order chi connectivity index (χ1) is 13.4. The van der Waals surface area contributed by atoms with Gasteiger partial charge in [-0.25, -0.2) is 14.8 Å². The fourth-order valence-electron chi connectivity index (χ4n) is 3.37. The zero-order valence-electron chi connectivity index (χ0n) is 15.6. The Morgan fingerprint density at radius 2 is 2.14 bits per heavy atom. The van der Waals surface area contributed by atoms with Crippen molar-refractivity contribution in [2.75, 3.05) is 10.6 Å². The molecule has 0 fully saturated rings. The van der Waals surface area contributed by atoms with Gasteiger partial charge in [-0.05, 0) is 59.3 Å². The highest BCUT2D eigenvalue weighted by Crippen LogP contribution is 2.33. The Morgan fingerprint density at radius 1 is 1.32 bits per heavy atom. The molecule has 2 N–H and O–H groups in total. The summed E-state index contributed by atoms with van der Waals surface area (Å²) in [5.41, 5.74) is 0.745. The van der Waals surface area contributed by atoms with E-state index in [-0.39, 0.29) is 5.56 Å². The number of amides is 2. The lowest BCUT2D eigenvalue weighted by Crippen LogP contribution is -2.24. The lowest BCUT2D eigenvalue weighted by atomic mass is 10.0. The molecule has 146 valence electrons. The van der Waals surface area contributed by atoms with E-state index < -0.39 is 6.03 Å². The predicted molar refractivity (Wildman–Crippen MR) is 115 cm³/mol. The van der Waals surface area contributed by atoms with Gasteiger partial charge in [0.05, 0.1) is 5.39 Å². The Kier molecular flexibility index (Phi) is 5.20. The highest BCUT2D eigenvalue weighted by Gasteiger charge is 2.21. The highest BCUT2D eigenvalue weighted by molar-refractivity contribution is 9.10. The second-order valence-corrected chi connectivity index (χ2v) is 9.01. The molecule has 0 bridgehead atoms. The summed E-state index contributed by atoms with van der Waals surface area (Å²) >= 11 is 4.65. The molecule has 2 amide bonds. The van der Waals surface area contributed by atoms with Gasteiger partial charge in [0.1, 0.15) is 21.5 Å². The third-order valence-corrected chi connectivity index (χ3v) is 6.60. The van der Waals surface area contributed by atoms with Gasteiger partial charge in [0, 0.05) is 23.6 Å². The topological polar surface area (TPSA) is 88.9 Å². The van der Waals surface area contributed by atoms with Gasteiger partial charge in [-0.15, -0.1) is 0 Å². The van der Waals surface area contributed by atoms with Gasteiger partial charge >= 0.3 is 6.03 Å². The van der Waals surface area contributed by atoms with Crippen LogP contribution in [0.25, 0.3) is 10.2 Å². The average molecular weight is 462 g/mol. The van der Waals surface area contributed by atoms with E-state index in [9.17, 15) is 9.59 Å². The molecule has 4 rings (SSSR count). The molecule has 0 saturated carbocycles. The van der Waals surface area contributed by atoms with Crippen LogP contribution in [0.15, 0.2) is 27.6 Å². The van der Waals surface area contributed by atoms with Crippen molar-refractivity contribution < 1.29 is 4.79 Å². The molecular weight excluding hydrogens is 442 g/mol. The predicted octanol–water partition coefficient (Wildman–Crippen LogP) is 4.54. The van der Waals surface area contributed by atoms with E-state index in [0.29, 0.717) is 33.5 Å². The Labute approximate surface area is 174 Å². The van der Waals surface area contributed by atoms with Gasteiger partial charge in [0.25, 0.3) is 5.56 Å². The molecule has 28 heavy (non-hydrogen) atoms. The van der Waals surface area contributed by atoms with E-state index in [0.717, 1.165) is 35.1 Å². The van der Waals surface area contributed by atoms with Crippen molar-refractivity contribution in [3.8, 4) is 0 Å². The maximum absolute atomic E-state index is 13.1. The van der Waals surface area contributed by atoms with Gasteiger partial charge < -0.3 is 0 Å². The lowest BCUT2D eigenvalue weighted by Gasteiger charge is -2.08. The minimum absolute atomic E-state index is 0.00844. The number of nitrogens with zero attached hydrogens (tertiary/aromatic N) is 3. The molecule has 1 aliphatic rings. The van der Waals surface area contributed by atoms with Gasteiger partial charge in [-0.3, -0.25) is 20.0 Å². The van der Waals surface area contributed by atoms with Crippen LogP contribution in [0.4, 0.5) is 15.6 Å². The van der Waals surface area contributed by atoms with Crippen molar-refractivity contribution in [3.05, 3.63) is 44.5 Å². The molecular formula is C19H20BrN5O2S. The van der Waals surface area contributed by atoms with Crippen LogP contribution in [0.5, 0.6) is 0 Å². The number of pyridine rings is 1. The molecule has 3 aromatic heterocycles. The van der Waals surface area contributed by atoms with Crippen LogP contribution in [0, 0.1) is 12.8 Å². The second-order valence-electron chi connectivity index (χ2n) is 7.09.